The van der Waals surface area contributed by atoms with Crippen LogP contribution in [0.15, 0.2) is 46.9 Å². The summed E-state index contributed by atoms with van der Waals surface area (Å²) in [6.07, 6.45) is 12.8. The smallest absolute Gasteiger partial charge is 0.214 e. The summed E-state index contributed by atoms with van der Waals surface area (Å²) in [4.78, 5) is 11.4. The summed E-state index contributed by atoms with van der Waals surface area (Å²) >= 11 is 0. The molecule has 1 saturated heterocycles. The van der Waals surface area contributed by atoms with Gasteiger partial charge in [0.2, 0.25) is 5.88 Å². The van der Waals surface area contributed by atoms with E-state index in [1.807, 2.05) is 18.5 Å². The second-order valence-electron chi connectivity index (χ2n) is 8.65. The van der Waals surface area contributed by atoms with Crippen molar-refractivity contribution in [3.63, 3.8) is 0 Å². The Morgan fingerprint density at radius 3 is 3.00 bits per heavy atom. The van der Waals surface area contributed by atoms with Crippen LogP contribution >= 0.6 is 0 Å². The number of rotatable bonds is 9. The fraction of sp³-hybridized carbons (Fsp3) is 0.600. The number of fused-ring (bicyclic) bond motifs is 1. The first-order valence-electron chi connectivity index (χ1n) is 11.4. The second kappa shape index (κ2) is 11.2. The van der Waals surface area contributed by atoms with Crippen molar-refractivity contribution < 1.29 is 9.47 Å². The van der Waals surface area contributed by atoms with E-state index in [2.05, 4.69) is 42.8 Å². The molecule has 3 rings (SSSR count). The van der Waals surface area contributed by atoms with E-state index >= 15 is 0 Å². The number of methoxy groups -OCH3 is 1. The first-order valence-corrected chi connectivity index (χ1v) is 11.4. The van der Waals surface area contributed by atoms with Gasteiger partial charge in [-0.2, -0.15) is 0 Å². The van der Waals surface area contributed by atoms with Crippen molar-refractivity contribution in [3.05, 3.63) is 41.9 Å². The number of aromatic nitrogens is 1. The molecule has 0 bridgehead atoms. The molecule has 0 spiro atoms. The molecule has 1 aromatic heterocycles. The van der Waals surface area contributed by atoms with E-state index in [0.29, 0.717) is 17.7 Å². The van der Waals surface area contributed by atoms with E-state index in [9.17, 15) is 0 Å². The van der Waals surface area contributed by atoms with Crippen molar-refractivity contribution in [2.24, 2.45) is 16.8 Å². The fourth-order valence-electron chi connectivity index (χ4n) is 3.98. The Morgan fingerprint density at radius 2 is 2.20 bits per heavy atom. The molecule has 2 aliphatic heterocycles. The van der Waals surface area contributed by atoms with Gasteiger partial charge in [0.15, 0.2) is 0 Å². The third-order valence-corrected chi connectivity index (χ3v) is 6.19. The molecule has 0 amide bonds. The van der Waals surface area contributed by atoms with E-state index in [1.165, 1.54) is 29.8 Å². The molecule has 0 aliphatic carbocycles. The Kier molecular flexibility index (Phi) is 8.35. The maximum atomic E-state index is 5.98. The minimum atomic E-state index is 0.624. The molecular weight excluding hydrogens is 374 g/mol. The summed E-state index contributed by atoms with van der Waals surface area (Å²) in [5.74, 6) is 2.94. The summed E-state index contributed by atoms with van der Waals surface area (Å²) in [5.41, 5.74) is 3.80. The number of hydrogen-bond donors (Lipinski definition) is 0. The first kappa shape index (κ1) is 22.4. The largest absolute Gasteiger partial charge is 0.491 e. The van der Waals surface area contributed by atoms with Crippen molar-refractivity contribution in [1.82, 2.24) is 4.98 Å². The van der Waals surface area contributed by atoms with E-state index in [-0.39, 0.29) is 0 Å². The summed E-state index contributed by atoms with van der Waals surface area (Å²) in [7, 11) is 1.66. The number of nitrogens with zero attached hydrogens (tertiary/aromatic N) is 3. The minimum absolute atomic E-state index is 0.624. The maximum absolute atomic E-state index is 5.98. The van der Waals surface area contributed by atoms with Crippen molar-refractivity contribution in [2.45, 2.75) is 59.3 Å². The zero-order chi connectivity index (χ0) is 21.3. The lowest BCUT2D eigenvalue weighted by atomic mass is 9.97. The topological polar surface area (TPSA) is 47.0 Å². The highest BCUT2D eigenvalue weighted by Gasteiger charge is 2.18. The number of anilines is 1. The second-order valence-corrected chi connectivity index (χ2v) is 8.65. The molecule has 2 unspecified atom stereocenters. The zero-order valence-electron chi connectivity index (χ0n) is 19.1. The van der Waals surface area contributed by atoms with Gasteiger partial charge in [-0.1, -0.05) is 19.9 Å². The molecule has 1 fully saturated rings. The van der Waals surface area contributed by atoms with Crippen LogP contribution in [0.4, 0.5) is 5.69 Å². The highest BCUT2D eigenvalue weighted by atomic mass is 16.5. The van der Waals surface area contributed by atoms with Crippen LogP contribution < -0.4 is 9.64 Å². The molecule has 0 radical (unpaired) electrons. The highest BCUT2D eigenvalue weighted by molar-refractivity contribution is 5.87. The predicted octanol–water partition coefficient (Wildman–Crippen LogP) is 5.78. The number of aliphatic imine (C=N–C) groups is 1. The van der Waals surface area contributed by atoms with Gasteiger partial charge in [0.05, 0.1) is 19.9 Å². The molecular formula is C25H37N3O2. The van der Waals surface area contributed by atoms with Gasteiger partial charge in [-0.05, 0) is 62.5 Å². The molecule has 3 heterocycles. The van der Waals surface area contributed by atoms with Crippen molar-refractivity contribution in [3.8, 4) is 5.88 Å². The Hall–Kier alpha value is -2.30. The summed E-state index contributed by atoms with van der Waals surface area (Å²) in [6, 6.07) is 4.07. The Bertz CT molecular complexity index is 784. The van der Waals surface area contributed by atoms with Crippen LogP contribution in [0, 0.1) is 11.8 Å². The molecule has 0 aromatic carbocycles. The fourth-order valence-corrected chi connectivity index (χ4v) is 3.98. The van der Waals surface area contributed by atoms with Gasteiger partial charge in [-0.15, -0.1) is 0 Å². The molecule has 30 heavy (non-hydrogen) atoms. The quantitative estimate of drug-likeness (QED) is 0.517. The van der Waals surface area contributed by atoms with Crippen molar-refractivity contribution >= 4 is 11.4 Å². The van der Waals surface area contributed by atoms with E-state index in [0.717, 1.165) is 51.1 Å². The summed E-state index contributed by atoms with van der Waals surface area (Å²) < 4.78 is 11.2. The van der Waals surface area contributed by atoms with Gasteiger partial charge < -0.3 is 14.4 Å². The molecule has 1 aromatic rings. The van der Waals surface area contributed by atoms with Crippen LogP contribution in [0.1, 0.15) is 59.3 Å². The lowest BCUT2D eigenvalue weighted by Crippen LogP contribution is -2.25. The standard InChI is InChI=1S/C25H37N3O2/c1-5-28(23-12-14-26-25(16-23)29-4)15-13-19(2)7-10-22-11-9-21-8-6-20(3)18-30-24(21)17-27-22/h9,12,14,16-17,19-20H,5-8,10-11,13,15,18H2,1-4H3. The SMILES string of the molecule is CCN(CCC(C)CCC1=NC=C2OCC(C)CCC2=CC1)c1ccnc(OC)c1. The van der Waals surface area contributed by atoms with Crippen LogP contribution in [0.25, 0.3) is 0 Å². The van der Waals surface area contributed by atoms with E-state index in [4.69, 9.17) is 14.5 Å². The van der Waals surface area contributed by atoms with Crippen LogP contribution in [-0.2, 0) is 4.74 Å². The van der Waals surface area contributed by atoms with E-state index in [1.54, 1.807) is 7.11 Å². The minimum Gasteiger partial charge on any atom is -0.491 e. The lowest BCUT2D eigenvalue weighted by Gasteiger charge is -2.25. The third kappa shape index (κ3) is 6.35. The molecule has 5 heteroatoms. The van der Waals surface area contributed by atoms with Gasteiger partial charge in [-0.3, -0.25) is 4.99 Å². The predicted molar refractivity (Wildman–Crippen MR) is 124 cm³/mol. The lowest BCUT2D eigenvalue weighted by molar-refractivity contribution is 0.188. The van der Waals surface area contributed by atoms with Crippen molar-refractivity contribution in [2.75, 3.05) is 31.7 Å². The average Bonchev–Trinajstić information content (AvgIpc) is 3.07. The monoisotopic (exact) mass is 411 g/mol. The third-order valence-electron chi connectivity index (χ3n) is 6.19. The number of hydrogen-bond acceptors (Lipinski definition) is 5. The molecule has 164 valence electrons. The number of pyridine rings is 1. The van der Waals surface area contributed by atoms with Gasteiger partial charge in [0, 0.05) is 43.2 Å². The summed E-state index contributed by atoms with van der Waals surface area (Å²) in [6.45, 7) is 9.63. The maximum Gasteiger partial charge on any atom is 0.214 e. The molecule has 2 aliphatic rings. The highest BCUT2D eigenvalue weighted by Crippen LogP contribution is 2.28. The van der Waals surface area contributed by atoms with Gasteiger partial charge in [0.25, 0.3) is 0 Å². The van der Waals surface area contributed by atoms with Crippen LogP contribution in [0.5, 0.6) is 5.88 Å². The van der Waals surface area contributed by atoms with E-state index < -0.39 is 0 Å². The summed E-state index contributed by atoms with van der Waals surface area (Å²) in [5, 5.41) is 0. The van der Waals surface area contributed by atoms with Gasteiger partial charge >= 0.3 is 0 Å². The average molecular weight is 412 g/mol. The number of allylic oxidation sites excluding steroid dienone is 2. The molecule has 5 nitrogen and oxygen atoms in total. The van der Waals surface area contributed by atoms with Crippen LogP contribution in [-0.4, -0.2) is 37.5 Å². The first-order chi connectivity index (χ1) is 14.6. The Balaban J connectivity index is 1.48. The van der Waals surface area contributed by atoms with Gasteiger partial charge in [-0.25, -0.2) is 4.98 Å². The van der Waals surface area contributed by atoms with Crippen molar-refractivity contribution in [1.29, 1.82) is 0 Å². The van der Waals surface area contributed by atoms with Gasteiger partial charge in [0.1, 0.15) is 5.76 Å². The molecule has 2 atom stereocenters. The van der Waals surface area contributed by atoms with Crippen LogP contribution in [0.3, 0.4) is 0 Å². The molecule has 0 saturated carbocycles. The van der Waals surface area contributed by atoms with Crippen LogP contribution in [0.2, 0.25) is 0 Å². The normalized spacial score (nSPS) is 19.9. The Morgan fingerprint density at radius 1 is 1.33 bits per heavy atom. The Labute approximate surface area is 181 Å². The zero-order valence-corrected chi connectivity index (χ0v) is 19.1. The molecule has 0 N–H and O–H groups in total. The number of ether oxygens (including phenoxy) is 2.